The minimum atomic E-state index is 0.122. The van der Waals surface area contributed by atoms with Crippen molar-refractivity contribution in [3.8, 4) is 0 Å². The largest absolute Gasteiger partial charge is 0.332 e. The molecule has 0 radical (unpaired) electrons. The van der Waals surface area contributed by atoms with Crippen molar-refractivity contribution >= 4 is 23.2 Å². The van der Waals surface area contributed by atoms with Gasteiger partial charge in [-0.3, -0.25) is 14.3 Å². The lowest BCUT2D eigenvalue weighted by atomic mass is 9.89. The number of hydrogen-bond acceptors (Lipinski definition) is 4. The van der Waals surface area contributed by atoms with Crippen LogP contribution in [0.2, 0.25) is 0 Å². The van der Waals surface area contributed by atoms with E-state index in [-0.39, 0.29) is 11.9 Å². The van der Waals surface area contributed by atoms with Crippen LogP contribution in [0.5, 0.6) is 0 Å². The van der Waals surface area contributed by atoms with Crippen molar-refractivity contribution in [2.24, 2.45) is 5.92 Å². The lowest BCUT2D eigenvalue weighted by Crippen LogP contribution is -2.44. The quantitative estimate of drug-likeness (QED) is 0.538. The van der Waals surface area contributed by atoms with Crippen LogP contribution in [0.15, 0.2) is 30.6 Å². The molecule has 0 saturated heterocycles. The summed E-state index contributed by atoms with van der Waals surface area (Å²) in [5, 5.41) is 10.0. The van der Waals surface area contributed by atoms with Crippen LogP contribution in [0.25, 0.3) is 10.9 Å². The van der Waals surface area contributed by atoms with Crippen molar-refractivity contribution in [3.63, 3.8) is 0 Å². The highest BCUT2D eigenvalue weighted by molar-refractivity contribution is 6.06. The molecule has 2 aromatic heterocycles. The minimum Gasteiger partial charge on any atom is -0.332 e. The van der Waals surface area contributed by atoms with Crippen molar-refractivity contribution in [1.82, 2.24) is 24.5 Å². The van der Waals surface area contributed by atoms with E-state index in [1.54, 1.807) is 0 Å². The van der Waals surface area contributed by atoms with E-state index in [2.05, 4.69) is 20.7 Å². The van der Waals surface area contributed by atoms with Gasteiger partial charge in [-0.2, -0.15) is 10.2 Å². The Bertz CT molecular complexity index is 1180. The molecular formula is C26H31N5O2. The molecule has 1 aromatic carbocycles. The molecule has 7 nitrogen and oxygen atoms in total. The number of aromatic nitrogens is 4. The topological polar surface area (TPSA) is 73.0 Å². The Morgan fingerprint density at radius 1 is 1.09 bits per heavy atom. The molecule has 7 heteroatoms. The summed E-state index contributed by atoms with van der Waals surface area (Å²) in [6, 6.07) is 6.54. The van der Waals surface area contributed by atoms with Gasteiger partial charge in [0.2, 0.25) is 6.41 Å². The van der Waals surface area contributed by atoms with E-state index in [1.165, 1.54) is 36.8 Å². The molecule has 0 spiro atoms. The highest BCUT2D eigenvalue weighted by atomic mass is 16.2. The zero-order chi connectivity index (χ0) is 22.4. The molecule has 1 atom stereocenters. The second-order valence-corrected chi connectivity index (χ2v) is 10.1. The molecule has 2 saturated carbocycles. The predicted octanol–water partition coefficient (Wildman–Crippen LogP) is 4.01. The molecule has 0 bridgehead atoms. The van der Waals surface area contributed by atoms with E-state index in [1.807, 2.05) is 24.5 Å². The molecule has 0 aliphatic heterocycles. The van der Waals surface area contributed by atoms with Gasteiger partial charge in [0, 0.05) is 30.2 Å². The van der Waals surface area contributed by atoms with Crippen molar-refractivity contribution in [2.45, 2.75) is 82.8 Å². The first-order valence-corrected chi connectivity index (χ1v) is 12.5. The summed E-state index contributed by atoms with van der Waals surface area (Å²) in [6.45, 7) is 0.944. The van der Waals surface area contributed by atoms with Crippen LogP contribution in [0.3, 0.4) is 0 Å². The molecule has 1 amide bonds. The molecule has 3 aliphatic carbocycles. The first-order valence-electron chi connectivity index (χ1n) is 12.5. The number of nitrogens with zero attached hydrogens (tertiary/aromatic N) is 5. The third kappa shape index (κ3) is 3.87. The number of amides is 1. The summed E-state index contributed by atoms with van der Waals surface area (Å²) in [4.78, 5) is 27.2. The van der Waals surface area contributed by atoms with Crippen molar-refractivity contribution in [2.75, 3.05) is 0 Å². The van der Waals surface area contributed by atoms with Crippen LogP contribution in [0.4, 0.5) is 0 Å². The second kappa shape index (κ2) is 8.43. The number of aryl methyl sites for hydroxylation is 1. The minimum absolute atomic E-state index is 0.122. The summed E-state index contributed by atoms with van der Waals surface area (Å²) in [6.07, 6.45) is 15.6. The standard InChI is InChI=1S/C26H31N5O2/c32-17-29-16-19-13-21(11-12-24(19)28-29)31(20-9-10-20)26(33)22-7-4-8-25-23(22)14-27-30(25)15-18-5-2-1-3-6-18/h4,7-8,14,16-18,20-21H,1-3,5-6,9-13,15H2. The molecule has 3 aromatic rings. The highest BCUT2D eigenvalue weighted by Gasteiger charge is 2.40. The monoisotopic (exact) mass is 445 g/mol. The van der Waals surface area contributed by atoms with Crippen LogP contribution < -0.4 is 0 Å². The summed E-state index contributed by atoms with van der Waals surface area (Å²) in [7, 11) is 0. The Morgan fingerprint density at radius 2 is 1.94 bits per heavy atom. The van der Waals surface area contributed by atoms with Crippen LogP contribution in [-0.4, -0.2) is 48.9 Å². The van der Waals surface area contributed by atoms with Crippen LogP contribution in [0, 0.1) is 5.92 Å². The summed E-state index contributed by atoms with van der Waals surface area (Å²) < 4.78 is 3.47. The molecule has 2 heterocycles. The Hall–Kier alpha value is -2.96. The average molecular weight is 446 g/mol. The maximum atomic E-state index is 13.9. The first kappa shape index (κ1) is 20.6. The maximum absolute atomic E-state index is 13.9. The van der Waals surface area contributed by atoms with Gasteiger partial charge in [0.05, 0.1) is 23.0 Å². The molecule has 3 aliphatic rings. The maximum Gasteiger partial charge on any atom is 0.255 e. The van der Waals surface area contributed by atoms with E-state index in [0.29, 0.717) is 12.0 Å². The van der Waals surface area contributed by atoms with E-state index in [0.717, 1.165) is 72.8 Å². The Kier molecular flexibility index (Phi) is 5.27. The zero-order valence-corrected chi connectivity index (χ0v) is 19.0. The van der Waals surface area contributed by atoms with Gasteiger partial charge in [0.25, 0.3) is 5.91 Å². The SMILES string of the molecule is O=Cn1cc2c(n1)CCC(N(C(=O)c1cccc3c1cnn3CC1CCCCC1)C1CC1)C2. The van der Waals surface area contributed by atoms with Gasteiger partial charge in [-0.25, -0.2) is 4.68 Å². The van der Waals surface area contributed by atoms with Crippen LogP contribution >= 0.6 is 0 Å². The molecule has 33 heavy (non-hydrogen) atoms. The van der Waals surface area contributed by atoms with Crippen LogP contribution in [0.1, 0.15) is 73.0 Å². The van der Waals surface area contributed by atoms with Gasteiger partial charge in [-0.1, -0.05) is 25.3 Å². The summed E-state index contributed by atoms with van der Waals surface area (Å²) in [5.74, 6) is 0.810. The Morgan fingerprint density at radius 3 is 2.73 bits per heavy atom. The molecule has 1 unspecified atom stereocenters. The summed E-state index contributed by atoms with van der Waals surface area (Å²) in [5.41, 5.74) is 3.92. The van der Waals surface area contributed by atoms with Gasteiger partial charge in [-0.05, 0) is 68.6 Å². The highest BCUT2D eigenvalue weighted by Crippen LogP contribution is 2.36. The summed E-state index contributed by atoms with van der Waals surface area (Å²) >= 11 is 0. The molecular weight excluding hydrogens is 414 g/mol. The average Bonchev–Trinajstić information content (AvgIpc) is 3.45. The van der Waals surface area contributed by atoms with Crippen molar-refractivity contribution in [3.05, 3.63) is 47.4 Å². The number of benzene rings is 1. The van der Waals surface area contributed by atoms with Crippen molar-refractivity contribution in [1.29, 1.82) is 0 Å². The van der Waals surface area contributed by atoms with Gasteiger partial charge in [0.1, 0.15) is 0 Å². The molecule has 172 valence electrons. The number of rotatable bonds is 6. The van der Waals surface area contributed by atoms with E-state index in [9.17, 15) is 9.59 Å². The molecule has 2 fully saturated rings. The zero-order valence-electron chi connectivity index (χ0n) is 19.0. The first-order chi connectivity index (χ1) is 16.2. The van der Waals surface area contributed by atoms with Gasteiger partial charge >= 0.3 is 0 Å². The lowest BCUT2D eigenvalue weighted by Gasteiger charge is -2.34. The number of carbonyl (C=O) groups excluding carboxylic acids is 2. The normalized spacial score (nSPS) is 21.2. The fourth-order valence-corrected chi connectivity index (χ4v) is 5.97. The molecule has 0 N–H and O–H groups in total. The Balaban J connectivity index is 1.28. The van der Waals surface area contributed by atoms with Gasteiger partial charge < -0.3 is 4.90 Å². The number of hydrogen-bond donors (Lipinski definition) is 0. The lowest BCUT2D eigenvalue weighted by molar-refractivity contribution is 0.0645. The number of fused-ring (bicyclic) bond motifs is 2. The smallest absolute Gasteiger partial charge is 0.255 e. The van der Waals surface area contributed by atoms with Gasteiger partial charge in [-0.15, -0.1) is 0 Å². The number of carbonyl (C=O) groups is 2. The van der Waals surface area contributed by atoms with Crippen LogP contribution in [-0.2, 0) is 24.2 Å². The molecule has 6 rings (SSSR count). The Labute approximate surface area is 193 Å². The third-order valence-corrected chi connectivity index (χ3v) is 7.81. The third-order valence-electron chi connectivity index (χ3n) is 7.81. The van der Waals surface area contributed by atoms with Crippen molar-refractivity contribution < 1.29 is 9.59 Å². The predicted molar refractivity (Wildman–Crippen MR) is 126 cm³/mol. The van der Waals surface area contributed by atoms with E-state index in [4.69, 9.17) is 5.10 Å². The fourth-order valence-electron chi connectivity index (χ4n) is 5.97. The second-order valence-electron chi connectivity index (χ2n) is 10.1. The van der Waals surface area contributed by atoms with Gasteiger partial charge in [0.15, 0.2) is 0 Å². The van der Waals surface area contributed by atoms with E-state index >= 15 is 0 Å². The van der Waals surface area contributed by atoms with E-state index < -0.39 is 0 Å². The fraction of sp³-hybridized carbons (Fsp3) is 0.538.